The van der Waals surface area contributed by atoms with E-state index in [0.29, 0.717) is 13.1 Å². The summed E-state index contributed by atoms with van der Waals surface area (Å²) in [5.74, 6) is 0. The lowest BCUT2D eigenvalue weighted by Gasteiger charge is -2.31. The fourth-order valence-corrected chi connectivity index (χ4v) is 3.00. The monoisotopic (exact) mass is 293 g/mol. The summed E-state index contributed by atoms with van der Waals surface area (Å²) >= 11 is 0. The van der Waals surface area contributed by atoms with Gasteiger partial charge in [-0.3, -0.25) is 0 Å². The van der Waals surface area contributed by atoms with Crippen LogP contribution in [0.15, 0.2) is 11.5 Å². The van der Waals surface area contributed by atoms with Crippen LogP contribution >= 0.6 is 0 Å². The minimum atomic E-state index is -0.471. The Bertz CT molecular complexity index is 484. The Labute approximate surface area is 126 Å². The van der Waals surface area contributed by atoms with Gasteiger partial charge in [-0.25, -0.2) is 4.79 Å². The lowest BCUT2D eigenvalue weighted by atomic mass is 9.76. The average Bonchev–Trinajstić information content (AvgIpc) is 2.77. The number of rotatable bonds is 1. The van der Waals surface area contributed by atoms with Gasteiger partial charge in [0.25, 0.3) is 0 Å². The van der Waals surface area contributed by atoms with Crippen LogP contribution in [-0.2, 0) is 14.0 Å². The third kappa shape index (κ3) is 2.71. The molecule has 2 fully saturated rings. The molecule has 2 aliphatic heterocycles. The van der Waals surface area contributed by atoms with E-state index >= 15 is 0 Å². The maximum atomic E-state index is 12.2. The predicted octanol–water partition coefficient (Wildman–Crippen LogP) is 2.55. The number of carbonyl (C=O) groups excluding carboxylic acids is 1. The highest BCUT2D eigenvalue weighted by molar-refractivity contribution is 6.55. The number of carbonyl (C=O) groups is 1. The predicted molar refractivity (Wildman–Crippen MR) is 79.9 cm³/mol. The van der Waals surface area contributed by atoms with Crippen molar-refractivity contribution in [1.82, 2.24) is 4.90 Å². The summed E-state index contributed by atoms with van der Waals surface area (Å²) < 4.78 is 17.5. The first-order valence-electron chi connectivity index (χ1n) is 7.64. The number of fused-ring (bicyclic) bond motifs is 1. The summed E-state index contributed by atoms with van der Waals surface area (Å²) in [6, 6.07) is 0. The largest absolute Gasteiger partial charge is 0.492 e. The van der Waals surface area contributed by atoms with E-state index in [2.05, 4.69) is 19.9 Å². The second-order valence-electron chi connectivity index (χ2n) is 7.68. The number of hydrogen-bond donors (Lipinski definition) is 0. The van der Waals surface area contributed by atoms with E-state index in [4.69, 9.17) is 14.0 Å². The van der Waals surface area contributed by atoms with Crippen LogP contribution in [0.25, 0.3) is 0 Å². The zero-order chi connectivity index (χ0) is 15.5. The van der Waals surface area contributed by atoms with E-state index < -0.39 is 5.60 Å². The van der Waals surface area contributed by atoms with E-state index in [1.807, 2.05) is 20.8 Å². The van der Waals surface area contributed by atoms with Crippen LogP contribution in [0.5, 0.6) is 0 Å². The van der Waals surface area contributed by atoms with Crippen molar-refractivity contribution in [3.05, 3.63) is 11.5 Å². The molecule has 0 aromatic heterocycles. The first-order valence-corrected chi connectivity index (χ1v) is 7.64. The van der Waals surface area contributed by atoms with E-state index in [0.717, 1.165) is 18.3 Å². The van der Waals surface area contributed by atoms with Gasteiger partial charge in [0, 0.05) is 19.5 Å². The minimum absolute atomic E-state index is 0.160. The zero-order valence-corrected chi connectivity index (χ0v) is 13.6. The lowest BCUT2D eigenvalue weighted by molar-refractivity contribution is 0.0264. The molecule has 0 spiro atoms. The van der Waals surface area contributed by atoms with Gasteiger partial charge >= 0.3 is 13.2 Å². The van der Waals surface area contributed by atoms with Crippen molar-refractivity contribution in [3.8, 4) is 0 Å². The van der Waals surface area contributed by atoms with Crippen molar-refractivity contribution in [3.63, 3.8) is 0 Å². The molecule has 1 saturated heterocycles. The SMILES string of the molecule is CC(C)(C)OC(=O)N1CCC=C(B2OC3(C)CC3(C)O2)C1. The molecule has 0 bridgehead atoms. The standard InChI is InChI=1S/C15H24BNO4/c1-13(2,3)19-12(18)17-8-6-7-11(9-17)16-20-14(4)10-15(14,5)21-16/h7H,6,8-10H2,1-5H3. The van der Waals surface area contributed by atoms with Gasteiger partial charge in [0.15, 0.2) is 0 Å². The van der Waals surface area contributed by atoms with Crippen molar-refractivity contribution in [2.24, 2.45) is 0 Å². The highest BCUT2D eigenvalue weighted by atomic mass is 16.7. The van der Waals surface area contributed by atoms with Crippen LogP contribution in [0, 0.1) is 0 Å². The second-order valence-corrected chi connectivity index (χ2v) is 7.68. The molecule has 0 N–H and O–H groups in total. The molecule has 6 heteroatoms. The van der Waals surface area contributed by atoms with E-state index in [9.17, 15) is 4.79 Å². The minimum Gasteiger partial charge on any atom is -0.444 e. The van der Waals surface area contributed by atoms with Gasteiger partial charge in [0.1, 0.15) is 5.60 Å². The van der Waals surface area contributed by atoms with Crippen LogP contribution in [0.1, 0.15) is 47.5 Å². The molecule has 2 atom stereocenters. The smallest absolute Gasteiger partial charge is 0.444 e. The molecule has 116 valence electrons. The summed E-state index contributed by atoms with van der Waals surface area (Å²) in [5, 5.41) is 0. The molecule has 0 radical (unpaired) electrons. The molecule has 1 amide bonds. The summed E-state index contributed by atoms with van der Waals surface area (Å²) in [4.78, 5) is 13.9. The molecule has 2 heterocycles. The fraction of sp³-hybridized carbons (Fsp3) is 0.800. The van der Waals surface area contributed by atoms with Gasteiger partial charge in [-0.15, -0.1) is 0 Å². The summed E-state index contributed by atoms with van der Waals surface area (Å²) in [5.41, 5.74) is 0.238. The lowest BCUT2D eigenvalue weighted by Crippen LogP contribution is -2.43. The molecule has 5 nitrogen and oxygen atoms in total. The topological polar surface area (TPSA) is 48.0 Å². The molecule has 1 aliphatic carbocycles. The number of nitrogens with zero attached hydrogens (tertiary/aromatic N) is 1. The van der Waals surface area contributed by atoms with Crippen molar-refractivity contribution >= 4 is 13.2 Å². The Morgan fingerprint density at radius 3 is 2.52 bits per heavy atom. The maximum absolute atomic E-state index is 12.2. The Morgan fingerprint density at radius 2 is 1.95 bits per heavy atom. The summed E-state index contributed by atoms with van der Waals surface area (Å²) in [6.07, 6.45) is 3.61. The Hall–Kier alpha value is -1.01. The molecule has 2 unspecified atom stereocenters. The quantitative estimate of drug-likeness (QED) is 0.697. The van der Waals surface area contributed by atoms with Gasteiger partial charge in [-0.05, 0) is 46.5 Å². The van der Waals surface area contributed by atoms with Crippen LogP contribution < -0.4 is 0 Å². The molecule has 1 saturated carbocycles. The van der Waals surface area contributed by atoms with E-state index in [1.54, 1.807) is 4.90 Å². The molecule has 0 aromatic rings. The summed E-state index contributed by atoms with van der Waals surface area (Å²) in [7, 11) is -0.320. The molecule has 3 aliphatic rings. The molecule has 21 heavy (non-hydrogen) atoms. The van der Waals surface area contributed by atoms with Crippen LogP contribution in [0.4, 0.5) is 4.79 Å². The third-order valence-corrected chi connectivity index (χ3v) is 4.54. The maximum Gasteiger partial charge on any atom is 0.492 e. The van der Waals surface area contributed by atoms with Gasteiger partial charge in [-0.1, -0.05) is 6.08 Å². The molecule has 3 rings (SSSR count). The van der Waals surface area contributed by atoms with Gasteiger partial charge < -0.3 is 18.9 Å². The Balaban J connectivity index is 1.62. The Morgan fingerprint density at radius 1 is 1.33 bits per heavy atom. The third-order valence-electron chi connectivity index (χ3n) is 4.54. The molecular weight excluding hydrogens is 269 g/mol. The number of amides is 1. The van der Waals surface area contributed by atoms with Gasteiger partial charge in [-0.2, -0.15) is 0 Å². The molecular formula is C15H24BNO4. The van der Waals surface area contributed by atoms with Crippen LogP contribution in [0.2, 0.25) is 0 Å². The number of hydrogen-bond acceptors (Lipinski definition) is 4. The first kappa shape index (κ1) is 14.9. The van der Waals surface area contributed by atoms with Crippen molar-refractivity contribution in [2.45, 2.75) is 64.3 Å². The Kier molecular flexibility index (Phi) is 3.19. The van der Waals surface area contributed by atoms with Crippen molar-refractivity contribution in [2.75, 3.05) is 13.1 Å². The van der Waals surface area contributed by atoms with Crippen molar-refractivity contribution in [1.29, 1.82) is 0 Å². The van der Waals surface area contributed by atoms with Gasteiger partial charge in [0.05, 0.1) is 11.2 Å². The van der Waals surface area contributed by atoms with Crippen LogP contribution in [0.3, 0.4) is 0 Å². The molecule has 0 aromatic carbocycles. The fourth-order valence-electron chi connectivity index (χ4n) is 3.00. The highest BCUT2D eigenvalue weighted by Gasteiger charge is 2.71. The van der Waals surface area contributed by atoms with Crippen LogP contribution in [-0.4, -0.2) is 48.0 Å². The van der Waals surface area contributed by atoms with Gasteiger partial charge in [0.2, 0.25) is 0 Å². The van der Waals surface area contributed by atoms with E-state index in [-0.39, 0.29) is 24.4 Å². The zero-order valence-electron chi connectivity index (χ0n) is 13.6. The normalized spacial score (nSPS) is 35.4. The number of ether oxygens (including phenoxy) is 1. The first-order chi connectivity index (χ1) is 9.62. The van der Waals surface area contributed by atoms with Crippen molar-refractivity contribution < 1.29 is 18.8 Å². The highest BCUT2D eigenvalue weighted by Crippen LogP contribution is 2.59. The second kappa shape index (κ2) is 4.49. The average molecular weight is 293 g/mol. The van der Waals surface area contributed by atoms with E-state index in [1.165, 1.54) is 0 Å². The summed E-state index contributed by atoms with van der Waals surface area (Å²) in [6.45, 7) is 11.0.